The Balaban J connectivity index is 1.38. The van der Waals surface area contributed by atoms with Crippen LogP contribution in [0.3, 0.4) is 0 Å². The van der Waals surface area contributed by atoms with Gasteiger partial charge in [-0.3, -0.25) is 14.6 Å². The topological polar surface area (TPSA) is 84.3 Å². The van der Waals surface area contributed by atoms with Gasteiger partial charge >= 0.3 is 5.97 Å². The molecule has 0 aliphatic carbocycles. The summed E-state index contributed by atoms with van der Waals surface area (Å²) in [7, 11) is 0. The second-order valence-electron chi connectivity index (χ2n) is 8.40. The van der Waals surface area contributed by atoms with Crippen LogP contribution in [0.2, 0.25) is 15.1 Å². The third-order valence-corrected chi connectivity index (χ3v) is 7.24. The lowest BCUT2D eigenvalue weighted by Gasteiger charge is -2.38. The van der Waals surface area contributed by atoms with Gasteiger partial charge < -0.3 is 15.1 Å². The molecule has 0 aromatic heterocycles. The molecule has 0 saturated carbocycles. The molecule has 2 atom stereocenters. The van der Waals surface area contributed by atoms with E-state index in [-0.39, 0.29) is 33.8 Å². The Bertz CT molecular complexity index is 1040. The Labute approximate surface area is 207 Å². The predicted molar refractivity (Wildman–Crippen MR) is 127 cm³/mol. The molecule has 2 aliphatic heterocycles. The van der Waals surface area contributed by atoms with Gasteiger partial charge in [-0.2, -0.15) is 0 Å². The molecule has 2 aromatic rings. The van der Waals surface area contributed by atoms with Gasteiger partial charge in [-0.25, -0.2) is 4.79 Å². The first-order chi connectivity index (χ1) is 15.7. The van der Waals surface area contributed by atoms with E-state index in [9.17, 15) is 19.8 Å². The molecule has 2 fully saturated rings. The molecule has 0 radical (unpaired) electrons. The van der Waals surface area contributed by atoms with E-state index in [0.29, 0.717) is 11.6 Å². The van der Waals surface area contributed by atoms with Crippen LogP contribution in [0, 0.1) is 0 Å². The fourth-order valence-electron chi connectivity index (χ4n) is 4.47. The van der Waals surface area contributed by atoms with Crippen LogP contribution >= 0.6 is 34.8 Å². The molecule has 7 nitrogen and oxygen atoms in total. The molecule has 0 spiro atoms. The third-order valence-electron chi connectivity index (χ3n) is 6.26. The van der Waals surface area contributed by atoms with Gasteiger partial charge in [0.25, 0.3) is 5.91 Å². The van der Waals surface area contributed by atoms with Crippen LogP contribution in [0.4, 0.5) is 0 Å². The van der Waals surface area contributed by atoms with Crippen molar-refractivity contribution in [2.24, 2.45) is 0 Å². The van der Waals surface area contributed by atoms with Crippen molar-refractivity contribution in [3.8, 4) is 0 Å². The highest BCUT2D eigenvalue weighted by molar-refractivity contribution is 6.42. The summed E-state index contributed by atoms with van der Waals surface area (Å²) in [5.41, 5.74) is 0.960. The highest BCUT2D eigenvalue weighted by Gasteiger charge is 2.39. The van der Waals surface area contributed by atoms with Crippen molar-refractivity contribution in [1.29, 1.82) is 0 Å². The molecular formula is C23H24Cl3N3O4. The van der Waals surface area contributed by atoms with Crippen molar-refractivity contribution in [1.82, 2.24) is 14.7 Å². The normalized spacial score (nSPS) is 22.0. The van der Waals surface area contributed by atoms with E-state index < -0.39 is 18.0 Å². The first kappa shape index (κ1) is 24.3. The maximum atomic E-state index is 13.1. The fraction of sp³-hybridized carbons (Fsp3) is 0.391. The second-order valence-corrected chi connectivity index (χ2v) is 9.65. The van der Waals surface area contributed by atoms with E-state index in [0.717, 1.165) is 32.7 Å². The van der Waals surface area contributed by atoms with Crippen LogP contribution in [-0.2, 0) is 6.54 Å². The molecule has 2 unspecified atom stereocenters. The van der Waals surface area contributed by atoms with Gasteiger partial charge in [-0.1, -0.05) is 46.9 Å². The maximum Gasteiger partial charge on any atom is 0.336 e. The fourth-order valence-corrected chi connectivity index (χ4v) is 4.92. The Morgan fingerprint density at radius 2 is 1.52 bits per heavy atom. The van der Waals surface area contributed by atoms with Crippen molar-refractivity contribution in [3.63, 3.8) is 0 Å². The largest absolute Gasteiger partial charge is 0.478 e. The molecule has 4 rings (SSSR count). The van der Waals surface area contributed by atoms with E-state index in [1.165, 1.54) is 22.6 Å². The Morgan fingerprint density at radius 1 is 0.909 bits per heavy atom. The molecule has 1 amide bonds. The summed E-state index contributed by atoms with van der Waals surface area (Å²) in [6.07, 6.45) is -0.715. The van der Waals surface area contributed by atoms with Crippen LogP contribution in [0.15, 0.2) is 36.4 Å². The highest BCUT2D eigenvalue weighted by atomic mass is 35.5. The van der Waals surface area contributed by atoms with Gasteiger partial charge in [0.2, 0.25) is 0 Å². The number of carboxylic acid groups (broad SMARTS) is 1. The number of likely N-dealkylation sites (tertiary alicyclic amines) is 1. The predicted octanol–water partition coefficient (Wildman–Crippen LogP) is 3.35. The summed E-state index contributed by atoms with van der Waals surface area (Å²) in [4.78, 5) is 30.8. The average Bonchev–Trinajstić information content (AvgIpc) is 3.18. The number of amides is 1. The zero-order valence-corrected chi connectivity index (χ0v) is 20.0. The van der Waals surface area contributed by atoms with Crippen LogP contribution in [0.1, 0.15) is 26.3 Å². The van der Waals surface area contributed by atoms with Crippen LogP contribution in [0.5, 0.6) is 0 Å². The number of aliphatic hydroxyl groups excluding tert-OH is 1. The van der Waals surface area contributed by atoms with Crippen LogP contribution in [0.25, 0.3) is 0 Å². The van der Waals surface area contributed by atoms with Gasteiger partial charge in [-0.15, -0.1) is 0 Å². The third kappa shape index (κ3) is 5.45. The van der Waals surface area contributed by atoms with Gasteiger partial charge in [0.15, 0.2) is 0 Å². The lowest BCUT2D eigenvalue weighted by molar-refractivity contribution is 0.0423. The molecule has 2 heterocycles. The standard InChI is InChI=1S/C23H24Cl3N3O4/c24-15-3-1-14(2-4-15)11-27-5-7-28(8-6-27)20-12-29(13-21(20)30)22(31)16-9-18(25)19(26)10-17(16)23(32)33/h1-4,9-10,20-21,30H,5-8,11-13H2,(H,32,33). The molecule has 176 valence electrons. The zero-order valence-electron chi connectivity index (χ0n) is 17.8. The van der Waals surface area contributed by atoms with Gasteiger partial charge in [0.05, 0.1) is 33.3 Å². The molecule has 2 N–H and O–H groups in total. The second kappa shape index (κ2) is 10.2. The lowest BCUT2D eigenvalue weighted by Crippen LogP contribution is -2.53. The first-order valence-electron chi connectivity index (χ1n) is 10.6. The Morgan fingerprint density at radius 3 is 2.12 bits per heavy atom. The van der Waals surface area contributed by atoms with E-state index in [2.05, 4.69) is 9.80 Å². The number of hydrogen-bond acceptors (Lipinski definition) is 5. The smallest absolute Gasteiger partial charge is 0.336 e. The number of hydrogen-bond donors (Lipinski definition) is 2. The zero-order chi connectivity index (χ0) is 23.7. The van der Waals surface area contributed by atoms with Gasteiger partial charge in [0, 0.05) is 50.8 Å². The number of carbonyl (C=O) groups is 2. The van der Waals surface area contributed by atoms with E-state index in [4.69, 9.17) is 34.8 Å². The summed E-state index contributed by atoms with van der Waals surface area (Å²) in [6, 6.07) is 10.1. The number of halogens is 3. The summed E-state index contributed by atoms with van der Waals surface area (Å²) >= 11 is 17.9. The maximum absolute atomic E-state index is 13.1. The summed E-state index contributed by atoms with van der Waals surface area (Å²) in [5, 5.41) is 21.1. The molecular weight excluding hydrogens is 489 g/mol. The molecule has 0 bridgehead atoms. The number of nitrogens with zero attached hydrogens (tertiary/aromatic N) is 3. The monoisotopic (exact) mass is 511 g/mol. The molecule has 2 aliphatic rings. The molecule has 2 saturated heterocycles. The van der Waals surface area contributed by atoms with Crippen molar-refractivity contribution < 1.29 is 19.8 Å². The SMILES string of the molecule is O=C(O)c1cc(Cl)c(Cl)cc1C(=O)N1CC(O)C(N2CCN(Cc3ccc(Cl)cc3)CC2)C1. The van der Waals surface area contributed by atoms with Crippen molar-refractivity contribution in [2.45, 2.75) is 18.7 Å². The van der Waals surface area contributed by atoms with Crippen molar-refractivity contribution in [2.75, 3.05) is 39.3 Å². The highest BCUT2D eigenvalue weighted by Crippen LogP contribution is 2.28. The number of β-amino-alcohol motifs (C(OH)–C–C–N with tert-alkyl or cyclic N) is 1. The summed E-state index contributed by atoms with van der Waals surface area (Å²) < 4.78 is 0. The molecule has 33 heavy (non-hydrogen) atoms. The summed E-state index contributed by atoms with van der Waals surface area (Å²) in [6.45, 7) is 4.50. The molecule has 2 aromatic carbocycles. The number of aromatic carboxylic acids is 1. The van der Waals surface area contributed by atoms with Gasteiger partial charge in [0.1, 0.15) is 0 Å². The summed E-state index contributed by atoms with van der Waals surface area (Å²) in [5.74, 6) is -1.74. The number of aliphatic hydroxyl groups is 1. The van der Waals surface area contributed by atoms with E-state index >= 15 is 0 Å². The van der Waals surface area contributed by atoms with Crippen molar-refractivity contribution in [3.05, 3.63) is 68.2 Å². The Hall–Kier alpha value is -1.87. The number of carboxylic acids is 1. The minimum absolute atomic E-state index is 0.0301. The minimum Gasteiger partial charge on any atom is -0.478 e. The minimum atomic E-state index is -1.26. The van der Waals surface area contributed by atoms with E-state index in [1.807, 2.05) is 24.3 Å². The van der Waals surface area contributed by atoms with Crippen molar-refractivity contribution >= 4 is 46.7 Å². The average molecular weight is 513 g/mol. The van der Waals surface area contributed by atoms with Gasteiger partial charge in [-0.05, 0) is 29.8 Å². The first-order valence-corrected chi connectivity index (χ1v) is 11.8. The van der Waals surface area contributed by atoms with E-state index in [1.54, 1.807) is 0 Å². The molecule has 10 heteroatoms. The van der Waals surface area contributed by atoms with Crippen LogP contribution in [-0.4, -0.2) is 88.2 Å². The number of benzene rings is 2. The number of rotatable bonds is 5. The number of piperazine rings is 1. The lowest BCUT2D eigenvalue weighted by atomic mass is 10.1. The Kier molecular flexibility index (Phi) is 7.48. The van der Waals surface area contributed by atoms with Crippen LogP contribution < -0.4 is 0 Å². The number of carbonyl (C=O) groups excluding carboxylic acids is 1. The quantitative estimate of drug-likeness (QED) is 0.639.